The molecule has 1 fully saturated rings. The molecule has 0 saturated carbocycles. The van der Waals surface area contributed by atoms with Crippen LogP contribution in [0.4, 0.5) is 4.39 Å². The summed E-state index contributed by atoms with van der Waals surface area (Å²) < 4.78 is 13.2. The minimum atomic E-state index is -0.255. The highest BCUT2D eigenvalue weighted by Gasteiger charge is 2.22. The molecule has 2 unspecified atom stereocenters. The predicted octanol–water partition coefficient (Wildman–Crippen LogP) is 3.65. The first-order valence-corrected chi connectivity index (χ1v) is 7.73. The van der Waals surface area contributed by atoms with E-state index in [9.17, 15) is 9.50 Å². The Hall–Kier alpha value is -0.930. The Balaban J connectivity index is 2.10. The molecular formula is C17H26FNO. The van der Waals surface area contributed by atoms with Gasteiger partial charge in [0.25, 0.3) is 0 Å². The molecule has 1 aliphatic rings. The van der Waals surface area contributed by atoms with Gasteiger partial charge in [0.2, 0.25) is 0 Å². The van der Waals surface area contributed by atoms with Crippen molar-refractivity contribution >= 4 is 0 Å². The molecule has 1 N–H and O–H groups in total. The smallest absolute Gasteiger partial charge is 0.123 e. The molecule has 2 rings (SSSR count). The van der Waals surface area contributed by atoms with Crippen molar-refractivity contribution < 1.29 is 9.50 Å². The molecule has 0 aromatic heterocycles. The molecule has 3 heteroatoms. The van der Waals surface area contributed by atoms with Crippen LogP contribution in [0.1, 0.15) is 50.2 Å². The minimum Gasteiger partial charge on any atom is -0.393 e. The second-order valence-electron chi connectivity index (χ2n) is 6.13. The Morgan fingerprint density at radius 1 is 1.35 bits per heavy atom. The van der Waals surface area contributed by atoms with E-state index in [2.05, 4.69) is 4.90 Å². The Bertz CT molecular complexity index is 433. The number of aliphatic hydroxyl groups is 1. The van der Waals surface area contributed by atoms with Crippen LogP contribution < -0.4 is 0 Å². The zero-order chi connectivity index (χ0) is 14.5. The van der Waals surface area contributed by atoms with Crippen molar-refractivity contribution in [2.75, 3.05) is 6.54 Å². The summed E-state index contributed by atoms with van der Waals surface area (Å²) >= 11 is 0. The zero-order valence-corrected chi connectivity index (χ0v) is 12.6. The predicted molar refractivity (Wildman–Crippen MR) is 80.1 cm³/mol. The van der Waals surface area contributed by atoms with Gasteiger partial charge in [-0.05, 0) is 62.9 Å². The first-order chi connectivity index (χ1) is 9.56. The van der Waals surface area contributed by atoms with Crippen LogP contribution in [-0.2, 0) is 6.54 Å². The summed E-state index contributed by atoms with van der Waals surface area (Å²) in [5.74, 6) is -0.164. The molecule has 1 aromatic carbocycles. The van der Waals surface area contributed by atoms with Crippen LogP contribution in [-0.4, -0.2) is 28.7 Å². The Morgan fingerprint density at radius 3 is 2.85 bits per heavy atom. The Morgan fingerprint density at radius 2 is 2.15 bits per heavy atom. The molecule has 0 bridgehead atoms. The van der Waals surface area contributed by atoms with E-state index in [-0.39, 0.29) is 11.9 Å². The average Bonchev–Trinajstić information content (AvgIpc) is 2.58. The summed E-state index contributed by atoms with van der Waals surface area (Å²) in [6.45, 7) is 5.78. The van der Waals surface area contributed by atoms with Crippen LogP contribution in [0, 0.1) is 12.7 Å². The third-order valence-corrected chi connectivity index (χ3v) is 4.29. The van der Waals surface area contributed by atoms with Crippen molar-refractivity contribution in [2.24, 2.45) is 0 Å². The van der Waals surface area contributed by atoms with Crippen molar-refractivity contribution in [1.82, 2.24) is 4.90 Å². The highest BCUT2D eigenvalue weighted by atomic mass is 19.1. The number of hydrogen-bond donors (Lipinski definition) is 1. The first-order valence-electron chi connectivity index (χ1n) is 7.73. The third-order valence-electron chi connectivity index (χ3n) is 4.29. The van der Waals surface area contributed by atoms with Crippen LogP contribution >= 0.6 is 0 Å². The number of aryl methyl sites for hydroxylation is 1. The molecular weight excluding hydrogens is 253 g/mol. The van der Waals surface area contributed by atoms with Gasteiger partial charge in [0, 0.05) is 12.6 Å². The van der Waals surface area contributed by atoms with E-state index in [4.69, 9.17) is 0 Å². The second-order valence-corrected chi connectivity index (χ2v) is 6.13. The van der Waals surface area contributed by atoms with E-state index < -0.39 is 0 Å². The number of benzene rings is 1. The molecule has 0 amide bonds. The maximum absolute atomic E-state index is 13.2. The molecule has 1 aromatic rings. The van der Waals surface area contributed by atoms with Crippen molar-refractivity contribution in [2.45, 2.75) is 64.6 Å². The molecule has 20 heavy (non-hydrogen) atoms. The largest absolute Gasteiger partial charge is 0.393 e. The molecule has 2 atom stereocenters. The van der Waals surface area contributed by atoms with Gasteiger partial charge in [-0.25, -0.2) is 4.39 Å². The molecule has 0 aliphatic carbocycles. The molecule has 1 aliphatic heterocycles. The van der Waals surface area contributed by atoms with Gasteiger partial charge < -0.3 is 5.11 Å². The molecule has 0 spiro atoms. The van der Waals surface area contributed by atoms with Crippen LogP contribution in [0.5, 0.6) is 0 Å². The maximum Gasteiger partial charge on any atom is 0.123 e. The summed E-state index contributed by atoms with van der Waals surface area (Å²) in [7, 11) is 0. The van der Waals surface area contributed by atoms with Gasteiger partial charge in [0.15, 0.2) is 0 Å². The molecule has 112 valence electrons. The highest BCUT2D eigenvalue weighted by Crippen LogP contribution is 2.23. The Kier molecular flexibility index (Phi) is 5.55. The lowest BCUT2D eigenvalue weighted by molar-refractivity contribution is 0.108. The highest BCUT2D eigenvalue weighted by molar-refractivity contribution is 5.26. The van der Waals surface area contributed by atoms with E-state index in [1.165, 1.54) is 24.8 Å². The van der Waals surface area contributed by atoms with Gasteiger partial charge in [0.05, 0.1) is 6.10 Å². The van der Waals surface area contributed by atoms with Gasteiger partial charge in [-0.3, -0.25) is 4.90 Å². The summed E-state index contributed by atoms with van der Waals surface area (Å²) in [5, 5.41) is 9.70. The quantitative estimate of drug-likeness (QED) is 0.909. The number of likely N-dealkylation sites (tertiary alicyclic amines) is 1. The fourth-order valence-electron chi connectivity index (χ4n) is 3.16. The van der Waals surface area contributed by atoms with Gasteiger partial charge >= 0.3 is 0 Å². The van der Waals surface area contributed by atoms with Gasteiger partial charge in [-0.15, -0.1) is 0 Å². The second kappa shape index (κ2) is 7.19. The molecule has 1 saturated heterocycles. The average molecular weight is 279 g/mol. The molecule has 2 nitrogen and oxygen atoms in total. The monoisotopic (exact) mass is 279 g/mol. The molecule has 1 heterocycles. The summed E-state index contributed by atoms with van der Waals surface area (Å²) in [6.07, 6.45) is 5.47. The van der Waals surface area contributed by atoms with Crippen molar-refractivity contribution in [1.29, 1.82) is 0 Å². The van der Waals surface area contributed by atoms with Crippen LogP contribution in [0.25, 0.3) is 0 Å². The fraction of sp³-hybridized carbons (Fsp3) is 0.647. The van der Waals surface area contributed by atoms with Gasteiger partial charge in [-0.2, -0.15) is 0 Å². The summed E-state index contributed by atoms with van der Waals surface area (Å²) in [5.41, 5.74) is 2.22. The van der Waals surface area contributed by atoms with Crippen LogP contribution in [0.15, 0.2) is 18.2 Å². The SMILES string of the molecule is Cc1cc(F)ccc1CN1CCCCCC1CC(C)O. The normalized spacial score (nSPS) is 22.5. The van der Waals surface area contributed by atoms with Crippen molar-refractivity contribution in [3.8, 4) is 0 Å². The lowest BCUT2D eigenvalue weighted by atomic mass is 10.0. The van der Waals surface area contributed by atoms with Gasteiger partial charge in [0.1, 0.15) is 5.82 Å². The number of hydrogen-bond acceptors (Lipinski definition) is 2. The topological polar surface area (TPSA) is 23.5 Å². The third kappa shape index (κ3) is 4.29. The maximum atomic E-state index is 13.2. The van der Waals surface area contributed by atoms with Crippen LogP contribution in [0.3, 0.4) is 0 Å². The lowest BCUT2D eigenvalue weighted by Crippen LogP contribution is -2.36. The number of rotatable bonds is 4. The van der Waals surface area contributed by atoms with Crippen LogP contribution in [0.2, 0.25) is 0 Å². The van der Waals surface area contributed by atoms with Crippen molar-refractivity contribution in [3.05, 3.63) is 35.1 Å². The van der Waals surface area contributed by atoms with Crippen molar-refractivity contribution in [3.63, 3.8) is 0 Å². The van der Waals surface area contributed by atoms with E-state index in [1.54, 1.807) is 12.1 Å². The fourth-order valence-corrected chi connectivity index (χ4v) is 3.16. The van der Waals surface area contributed by atoms with E-state index in [0.717, 1.165) is 31.5 Å². The summed E-state index contributed by atoms with van der Waals surface area (Å²) in [6, 6.07) is 5.50. The minimum absolute atomic E-state index is 0.164. The van der Waals surface area contributed by atoms with E-state index in [0.29, 0.717) is 6.04 Å². The lowest BCUT2D eigenvalue weighted by Gasteiger charge is -2.31. The standard InChI is InChI=1S/C17H26FNO/c1-13-10-16(18)8-7-15(13)12-19-9-5-3-4-6-17(19)11-14(2)20/h7-8,10,14,17,20H,3-6,9,11-12H2,1-2H3. The first kappa shape index (κ1) is 15.5. The number of halogens is 1. The number of aliphatic hydroxyl groups excluding tert-OH is 1. The van der Waals surface area contributed by atoms with E-state index in [1.807, 2.05) is 19.9 Å². The number of nitrogens with zero attached hydrogens (tertiary/aromatic N) is 1. The van der Waals surface area contributed by atoms with E-state index >= 15 is 0 Å². The zero-order valence-electron chi connectivity index (χ0n) is 12.6. The molecule has 0 radical (unpaired) electrons. The Labute approximate surface area is 121 Å². The summed E-state index contributed by atoms with van der Waals surface area (Å²) in [4.78, 5) is 2.47. The van der Waals surface area contributed by atoms with Gasteiger partial charge in [-0.1, -0.05) is 18.9 Å².